The Morgan fingerprint density at radius 1 is 1.15 bits per heavy atom. The third-order valence-corrected chi connectivity index (χ3v) is 5.04. The van der Waals surface area contributed by atoms with E-state index in [2.05, 4.69) is 37.9 Å². The Hall–Kier alpha value is -0.120. The van der Waals surface area contributed by atoms with Gasteiger partial charge in [0.25, 0.3) is 0 Å². The summed E-state index contributed by atoms with van der Waals surface area (Å²) in [7, 11) is 0. The predicted octanol–water partition coefficient (Wildman–Crippen LogP) is 3.04. The lowest BCUT2D eigenvalue weighted by atomic mass is 9.87. The molecule has 1 saturated heterocycles. The molecular formula is C17H34N2O. The van der Waals surface area contributed by atoms with Crippen LogP contribution in [0.4, 0.5) is 0 Å². The molecule has 2 fully saturated rings. The molecule has 0 aromatic carbocycles. The lowest BCUT2D eigenvalue weighted by Crippen LogP contribution is -2.45. The fourth-order valence-corrected chi connectivity index (χ4v) is 3.91. The highest BCUT2D eigenvalue weighted by atomic mass is 16.5. The standard InChI is InChI=1S/C17H34N2O/c1-14-12-19(13-15(2)20-14)11-6-5-10-18-16-8-7-9-17(16,3)4/h14-16,18H,5-13H2,1-4H3/t14-,15+,16-/m0/s1. The monoisotopic (exact) mass is 282 g/mol. The molecule has 0 spiro atoms. The van der Waals surface area contributed by atoms with Gasteiger partial charge in [-0.1, -0.05) is 20.3 Å². The molecule has 2 rings (SSSR count). The Bertz CT molecular complexity index is 283. The second kappa shape index (κ2) is 7.24. The van der Waals surface area contributed by atoms with Gasteiger partial charge in [0.1, 0.15) is 0 Å². The molecule has 0 aromatic heterocycles. The Morgan fingerprint density at radius 3 is 2.45 bits per heavy atom. The molecule has 0 bridgehead atoms. The predicted molar refractivity (Wildman–Crippen MR) is 85.1 cm³/mol. The first-order valence-electron chi connectivity index (χ1n) is 8.58. The molecule has 118 valence electrons. The van der Waals surface area contributed by atoms with Crippen LogP contribution in [0, 0.1) is 5.41 Å². The molecule has 0 unspecified atom stereocenters. The van der Waals surface area contributed by atoms with E-state index >= 15 is 0 Å². The van der Waals surface area contributed by atoms with Crippen LogP contribution in [-0.2, 0) is 4.74 Å². The summed E-state index contributed by atoms with van der Waals surface area (Å²) in [5.74, 6) is 0. The van der Waals surface area contributed by atoms with E-state index in [1.54, 1.807) is 0 Å². The molecule has 1 N–H and O–H groups in total. The summed E-state index contributed by atoms with van der Waals surface area (Å²) >= 11 is 0. The van der Waals surface area contributed by atoms with Crippen LogP contribution in [0.5, 0.6) is 0 Å². The van der Waals surface area contributed by atoms with Gasteiger partial charge in [-0.15, -0.1) is 0 Å². The van der Waals surface area contributed by atoms with Crippen LogP contribution in [0.25, 0.3) is 0 Å². The van der Waals surface area contributed by atoms with Crippen molar-refractivity contribution in [2.24, 2.45) is 5.41 Å². The summed E-state index contributed by atoms with van der Waals surface area (Å²) in [6.07, 6.45) is 7.55. The minimum Gasteiger partial charge on any atom is -0.373 e. The third-order valence-electron chi connectivity index (χ3n) is 5.04. The second-order valence-electron chi connectivity index (χ2n) is 7.61. The zero-order chi connectivity index (χ0) is 14.6. The van der Waals surface area contributed by atoms with Crippen molar-refractivity contribution in [3.63, 3.8) is 0 Å². The van der Waals surface area contributed by atoms with E-state index < -0.39 is 0 Å². The number of hydrogen-bond acceptors (Lipinski definition) is 3. The topological polar surface area (TPSA) is 24.5 Å². The van der Waals surface area contributed by atoms with Gasteiger partial charge in [0.2, 0.25) is 0 Å². The molecule has 2 aliphatic rings. The Labute approximate surface area is 125 Å². The molecule has 1 heterocycles. The van der Waals surface area contributed by atoms with Crippen LogP contribution in [0.2, 0.25) is 0 Å². The molecule has 3 heteroatoms. The van der Waals surface area contributed by atoms with Gasteiger partial charge in [0, 0.05) is 19.1 Å². The summed E-state index contributed by atoms with van der Waals surface area (Å²) < 4.78 is 5.78. The second-order valence-corrected chi connectivity index (χ2v) is 7.61. The molecule has 3 nitrogen and oxygen atoms in total. The Balaban J connectivity index is 1.55. The SMILES string of the molecule is C[C@@H]1CN(CCCCN[C@H]2CCCC2(C)C)C[C@H](C)O1. The maximum Gasteiger partial charge on any atom is 0.0678 e. The van der Waals surface area contributed by atoms with Crippen LogP contribution < -0.4 is 5.32 Å². The first-order chi connectivity index (χ1) is 9.47. The summed E-state index contributed by atoms with van der Waals surface area (Å²) in [5.41, 5.74) is 0.509. The number of rotatable bonds is 6. The van der Waals surface area contributed by atoms with Crippen molar-refractivity contribution in [2.75, 3.05) is 26.2 Å². The molecular weight excluding hydrogens is 248 g/mol. The molecule has 1 aliphatic carbocycles. The van der Waals surface area contributed by atoms with Crippen LogP contribution in [0.15, 0.2) is 0 Å². The molecule has 0 radical (unpaired) electrons. The lowest BCUT2D eigenvalue weighted by molar-refractivity contribution is -0.0681. The van der Waals surface area contributed by atoms with E-state index in [4.69, 9.17) is 4.74 Å². The van der Waals surface area contributed by atoms with Crippen molar-refractivity contribution in [2.45, 2.75) is 78.0 Å². The first kappa shape index (κ1) is 16.3. The summed E-state index contributed by atoms with van der Waals surface area (Å²) in [4.78, 5) is 2.57. The maximum atomic E-state index is 5.78. The fraction of sp³-hybridized carbons (Fsp3) is 1.00. The molecule has 1 saturated carbocycles. The van der Waals surface area contributed by atoms with Gasteiger partial charge in [-0.25, -0.2) is 0 Å². The van der Waals surface area contributed by atoms with E-state index in [9.17, 15) is 0 Å². The van der Waals surface area contributed by atoms with Gasteiger partial charge in [0.15, 0.2) is 0 Å². The Morgan fingerprint density at radius 2 is 1.85 bits per heavy atom. The largest absolute Gasteiger partial charge is 0.373 e. The average Bonchev–Trinajstić information content (AvgIpc) is 2.67. The molecule has 1 aliphatic heterocycles. The number of nitrogens with one attached hydrogen (secondary N) is 1. The fourth-order valence-electron chi connectivity index (χ4n) is 3.91. The molecule has 0 amide bonds. The highest BCUT2D eigenvalue weighted by Crippen LogP contribution is 2.37. The van der Waals surface area contributed by atoms with E-state index in [0.717, 1.165) is 19.1 Å². The van der Waals surface area contributed by atoms with Gasteiger partial charge < -0.3 is 10.1 Å². The maximum absolute atomic E-state index is 5.78. The number of ether oxygens (including phenoxy) is 1. The zero-order valence-corrected chi connectivity index (χ0v) is 14.0. The normalized spacial score (nSPS) is 34.5. The van der Waals surface area contributed by atoms with Crippen LogP contribution in [0.3, 0.4) is 0 Å². The van der Waals surface area contributed by atoms with E-state index in [1.165, 1.54) is 45.2 Å². The Kier molecular flexibility index (Phi) is 5.88. The third kappa shape index (κ3) is 4.71. The number of unbranched alkanes of at least 4 members (excludes halogenated alkanes) is 1. The minimum absolute atomic E-state index is 0.399. The van der Waals surface area contributed by atoms with E-state index in [1.807, 2.05) is 0 Å². The molecule has 3 atom stereocenters. The van der Waals surface area contributed by atoms with Crippen molar-refractivity contribution in [1.29, 1.82) is 0 Å². The van der Waals surface area contributed by atoms with Crippen molar-refractivity contribution in [3.05, 3.63) is 0 Å². The average molecular weight is 282 g/mol. The number of morpholine rings is 1. The van der Waals surface area contributed by atoms with Crippen LogP contribution >= 0.6 is 0 Å². The molecule has 0 aromatic rings. The highest BCUT2D eigenvalue weighted by Gasteiger charge is 2.33. The van der Waals surface area contributed by atoms with Crippen LogP contribution in [0.1, 0.15) is 59.8 Å². The van der Waals surface area contributed by atoms with E-state index in [-0.39, 0.29) is 0 Å². The highest BCUT2D eigenvalue weighted by molar-refractivity contribution is 4.89. The van der Waals surface area contributed by atoms with Gasteiger partial charge in [0.05, 0.1) is 12.2 Å². The van der Waals surface area contributed by atoms with E-state index in [0.29, 0.717) is 17.6 Å². The van der Waals surface area contributed by atoms with Crippen molar-refractivity contribution < 1.29 is 4.74 Å². The zero-order valence-electron chi connectivity index (χ0n) is 14.0. The van der Waals surface area contributed by atoms with Gasteiger partial charge in [-0.05, 0) is 58.0 Å². The summed E-state index contributed by atoms with van der Waals surface area (Å²) in [5, 5.41) is 3.78. The van der Waals surface area contributed by atoms with Crippen molar-refractivity contribution >= 4 is 0 Å². The van der Waals surface area contributed by atoms with Gasteiger partial charge in [-0.2, -0.15) is 0 Å². The summed E-state index contributed by atoms with van der Waals surface area (Å²) in [6.45, 7) is 13.8. The summed E-state index contributed by atoms with van der Waals surface area (Å²) in [6, 6.07) is 0.742. The number of nitrogens with zero attached hydrogens (tertiary/aromatic N) is 1. The lowest BCUT2D eigenvalue weighted by Gasteiger charge is -2.35. The first-order valence-corrected chi connectivity index (χ1v) is 8.58. The minimum atomic E-state index is 0.399. The van der Waals surface area contributed by atoms with Crippen molar-refractivity contribution in [1.82, 2.24) is 10.2 Å². The smallest absolute Gasteiger partial charge is 0.0678 e. The van der Waals surface area contributed by atoms with Gasteiger partial charge >= 0.3 is 0 Å². The van der Waals surface area contributed by atoms with Gasteiger partial charge in [-0.3, -0.25) is 4.90 Å². The quantitative estimate of drug-likeness (QED) is 0.758. The number of hydrogen-bond donors (Lipinski definition) is 1. The molecule has 20 heavy (non-hydrogen) atoms. The van der Waals surface area contributed by atoms with Crippen LogP contribution in [-0.4, -0.2) is 49.3 Å². The van der Waals surface area contributed by atoms with Crippen molar-refractivity contribution in [3.8, 4) is 0 Å².